The van der Waals surface area contributed by atoms with E-state index in [4.69, 9.17) is 4.74 Å². The van der Waals surface area contributed by atoms with Crippen LogP contribution in [-0.2, 0) is 0 Å². The average molecular weight is 203 g/mol. The Kier molecular flexibility index (Phi) is 2.95. The fraction of sp³-hybridized carbons (Fsp3) is 0.385. The van der Waals surface area contributed by atoms with E-state index in [1.165, 1.54) is 5.39 Å². The fourth-order valence-corrected chi connectivity index (χ4v) is 1.59. The first-order valence-corrected chi connectivity index (χ1v) is 5.46. The van der Waals surface area contributed by atoms with Crippen LogP contribution in [0.5, 0.6) is 5.75 Å². The van der Waals surface area contributed by atoms with Crippen molar-refractivity contribution >= 4 is 10.9 Å². The predicted molar refractivity (Wildman–Crippen MR) is 63.2 cm³/mol. The van der Waals surface area contributed by atoms with Crippen LogP contribution in [0.15, 0.2) is 30.5 Å². The van der Waals surface area contributed by atoms with Gasteiger partial charge in [0.1, 0.15) is 5.75 Å². The molecule has 2 rings (SSSR count). The topological polar surface area (TPSA) is 25.0 Å². The van der Waals surface area contributed by atoms with Gasteiger partial charge in [-0.2, -0.15) is 0 Å². The van der Waals surface area contributed by atoms with E-state index >= 15 is 0 Å². The van der Waals surface area contributed by atoms with Gasteiger partial charge in [0.15, 0.2) is 0 Å². The number of aromatic nitrogens is 1. The molecule has 0 aliphatic heterocycles. The van der Waals surface area contributed by atoms with E-state index in [1.807, 2.05) is 18.3 Å². The van der Waals surface area contributed by atoms with E-state index < -0.39 is 0 Å². The third-order valence-electron chi connectivity index (χ3n) is 2.51. The monoisotopic (exact) mass is 203 g/mol. The van der Waals surface area contributed by atoms with Gasteiger partial charge in [0.05, 0.1) is 6.61 Å². The SMILES string of the molecule is CC(C)CCOc1cccc2[nH]ccc12. The molecule has 0 bridgehead atoms. The lowest BCUT2D eigenvalue weighted by atomic mass is 10.1. The van der Waals surface area contributed by atoms with E-state index in [-0.39, 0.29) is 0 Å². The van der Waals surface area contributed by atoms with Gasteiger partial charge in [0.25, 0.3) is 0 Å². The number of hydrogen-bond donors (Lipinski definition) is 1. The van der Waals surface area contributed by atoms with Crippen LogP contribution in [0.3, 0.4) is 0 Å². The molecule has 0 fully saturated rings. The zero-order valence-corrected chi connectivity index (χ0v) is 9.29. The van der Waals surface area contributed by atoms with Crippen molar-refractivity contribution in [1.29, 1.82) is 0 Å². The maximum atomic E-state index is 5.77. The molecule has 2 aromatic rings. The van der Waals surface area contributed by atoms with Gasteiger partial charge in [0, 0.05) is 17.1 Å². The van der Waals surface area contributed by atoms with E-state index in [2.05, 4.69) is 31.0 Å². The second kappa shape index (κ2) is 4.39. The minimum absolute atomic E-state index is 0.690. The molecule has 0 radical (unpaired) electrons. The van der Waals surface area contributed by atoms with Gasteiger partial charge >= 0.3 is 0 Å². The number of benzene rings is 1. The zero-order valence-electron chi connectivity index (χ0n) is 9.29. The first-order valence-electron chi connectivity index (χ1n) is 5.46. The first-order chi connectivity index (χ1) is 7.27. The number of H-pyrrole nitrogens is 1. The Morgan fingerprint density at radius 2 is 2.13 bits per heavy atom. The van der Waals surface area contributed by atoms with Crippen LogP contribution in [0, 0.1) is 5.92 Å². The number of hydrogen-bond acceptors (Lipinski definition) is 1. The Labute approximate surface area is 90.3 Å². The molecule has 0 unspecified atom stereocenters. The van der Waals surface area contributed by atoms with Gasteiger partial charge in [-0.25, -0.2) is 0 Å². The summed E-state index contributed by atoms with van der Waals surface area (Å²) in [6.07, 6.45) is 3.04. The van der Waals surface area contributed by atoms with E-state index in [1.54, 1.807) is 0 Å². The molecule has 0 aliphatic carbocycles. The largest absolute Gasteiger partial charge is 0.493 e. The Morgan fingerprint density at radius 1 is 1.27 bits per heavy atom. The standard InChI is InChI=1S/C13H17NO/c1-10(2)7-9-15-13-5-3-4-12-11(13)6-8-14-12/h3-6,8,10,14H,7,9H2,1-2H3. The minimum Gasteiger partial charge on any atom is -0.493 e. The van der Waals surface area contributed by atoms with Crippen molar-refractivity contribution in [2.24, 2.45) is 5.92 Å². The summed E-state index contributed by atoms with van der Waals surface area (Å²) in [6, 6.07) is 8.16. The van der Waals surface area contributed by atoms with Crippen LogP contribution < -0.4 is 4.74 Å². The highest BCUT2D eigenvalue weighted by Gasteiger charge is 2.02. The van der Waals surface area contributed by atoms with Gasteiger partial charge in [-0.3, -0.25) is 0 Å². The molecule has 2 nitrogen and oxygen atoms in total. The van der Waals surface area contributed by atoms with Crippen molar-refractivity contribution in [2.45, 2.75) is 20.3 Å². The molecule has 80 valence electrons. The highest BCUT2D eigenvalue weighted by Crippen LogP contribution is 2.24. The second-order valence-corrected chi connectivity index (χ2v) is 4.23. The van der Waals surface area contributed by atoms with E-state index in [9.17, 15) is 0 Å². The van der Waals surface area contributed by atoms with Crippen molar-refractivity contribution < 1.29 is 4.74 Å². The molecule has 2 heteroatoms. The summed E-state index contributed by atoms with van der Waals surface area (Å²) in [6.45, 7) is 5.21. The molecule has 0 spiro atoms. The average Bonchev–Trinajstić information content (AvgIpc) is 2.65. The first kappa shape index (κ1) is 10.1. The maximum Gasteiger partial charge on any atom is 0.128 e. The molecule has 0 saturated carbocycles. The van der Waals surface area contributed by atoms with Crippen molar-refractivity contribution in [3.63, 3.8) is 0 Å². The Balaban J connectivity index is 2.10. The number of nitrogens with one attached hydrogen (secondary N) is 1. The number of ether oxygens (including phenoxy) is 1. The zero-order chi connectivity index (χ0) is 10.7. The molecule has 0 aliphatic rings. The quantitative estimate of drug-likeness (QED) is 0.807. The summed E-state index contributed by atoms with van der Waals surface area (Å²) in [5.41, 5.74) is 1.14. The summed E-state index contributed by atoms with van der Waals surface area (Å²) in [4.78, 5) is 3.18. The highest BCUT2D eigenvalue weighted by molar-refractivity contribution is 5.85. The van der Waals surface area contributed by atoms with Crippen molar-refractivity contribution in [3.05, 3.63) is 30.5 Å². The van der Waals surface area contributed by atoms with Gasteiger partial charge in [-0.1, -0.05) is 19.9 Å². The molecule has 1 aromatic carbocycles. The second-order valence-electron chi connectivity index (χ2n) is 4.23. The third kappa shape index (κ3) is 2.32. The Morgan fingerprint density at radius 3 is 2.93 bits per heavy atom. The summed E-state index contributed by atoms with van der Waals surface area (Å²) in [5.74, 6) is 1.67. The molecule has 0 atom stereocenters. The molecule has 15 heavy (non-hydrogen) atoms. The third-order valence-corrected chi connectivity index (χ3v) is 2.51. The number of rotatable bonds is 4. The molecule has 1 N–H and O–H groups in total. The Bertz CT molecular complexity index is 431. The van der Waals surface area contributed by atoms with Crippen LogP contribution in [-0.4, -0.2) is 11.6 Å². The molecule has 1 aromatic heterocycles. The molecule has 1 heterocycles. The van der Waals surface area contributed by atoms with E-state index in [0.29, 0.717) is 5.92 Å². The maximum absolute atomic E-state index is 5.77. The van der Waals surface area contributed by atoms with Crippen molar-refractivity contribution in [2.75, 3.05) is 6.61 Å². The molecule has 0 amide bonds. The lowest BCUT2D eigenvalue weighted by Gasteiger charge is -2.08. The number of aromatic amines is 1. The summed E-state index contributed by atoms with van der Waals surface area (Å²) < 4.78 is 5.77. The normalized spacial score (nSPS) is 11.1. The smallest absolute Gasteiger partial charge is 0.128 e. The lowest BCUT2D eigenvalue weighted by Crippen LogP contribution is -2.01. The summed E-state index contributed by atoms with van der Waals surface area (Å²) >= 11 is 0. The minimum atomic E-state index is 0.690. The van der Waals surface area contributed by atoms with Crippen LogP contribution >= 0.6 is 0 Å². The lowest BCUT2D eigenvalue weighted by molar-refractivity contribution is 0.292. The van der Waals surface area contributed by atoms with Crippen molar-refractivity contribution in [3.8, 4) is 5.75 Å². The highest BCUT2D eigenvalue weighted by atomic mass is 16.5. The van der Waals surface area contributed by atoms with E-state index in [0.717, 1.165) is 24.3 Å². The summed E-state index contributed by atoms with van der Waals surface area (Å²) in [5, 5.41) is 1.17. The van der Waals surface area contributed by atoms with Gasteiger partial charge in [0.2, 0.25) is 0 Å². The molecule has 0 saturated heterocycles. The van der Waals surface area contributed by atoms with Crippen LogP contribution in [0.25, 0.3) is 10.9 Å². The van der Waals surface area contributed by atoms with Crippen LogP contribution in [0.4, 0.5) is 0 Å². The van der Waals surface area contributed by atoms with Crippen molar-refractivity contribution in [1.82, 2.24) is 4.98 Å². The van der Waals surface area contributed by atoms with Crippen LogP contribution in [0.1, 0.15) is 20.3 Å². The van der Waals surface area contributed by atoms with Crippen LogP contribution in [0.2, 0.25) is 0 Å². The van der Waals surface area contributed by atoms with Gasteiger partial charge in [-0.05, 0) is 30.5 Å². The van der Waals surface area contributed by atoms with Gasteiger partial charge in [-0.15, -0.1) is 0 Å². The number of fused-ring (bicyclic) bond motifs is 1. The predicted octanol–water partition coefficient (Wildman–Crippen LogP) is 3.59. The molecular formula is C13H17NO. The Hall–Kier alpha value is -1.44. The fourth-order valence-electron chi connectivity index (χ4n) is 1.59. The van der Waals surface area contributed by atoms with Gasteiger partial charge < -0.3 is 9.72 Å². The molecular weight excluding hydrogens is 186 g/mol. The summed E-state index contributed by atoms with van der Waals surface area (Å²) in [7, 11) is 0.